The summed E-state index contributed by atoms with van der Waals surface area (Å²) >= 11 is 0. The lowest BCUT2D eigenvalue weighted by atomic mass is 10.1. The lowest BCUT2D eigenvalue weighted by Crippen LogP contribution is -2.47. The summed E-state index contributed by atoms with van der Waals surface area (Å²) in [5.74, 6) is 0.230. The smallest absolute Gasteiger partial charge is 0.277 e. The number of rotatable bonds is 8. The van der Waals surface area contributed by atoms with Crippen molar-refractivity contribution in [1.29, 1.82) is 0 Å². The molecule has 0 radical (unpaired) electrons. The molecule has 2 saturated heterocycles. The SMILES string of the molecule is Cc1ccccc1N1CCN(c2ccc(C(=O)NC3CCN(S(C)(=O)=O)CC3)cc2NC(=O)c2coc(C3CC3)n2)CC1. The molecule has 12 heteroatoms. The number of hydrogen-bond acceptors (Lipinski definition) is 8. The number of carbonyl (C=O) groups is 2. The van der Waals surface area contributed by atoms with Crippen LogP contribution in [0, 0.1) is 6.92 Å². The van der Waals surface area contributed by atoms with E-state index in [0.717, 1.165) is 44.7 Å². The first-order valence-corrected chi connectivity index (χ1v) is 16.7. The van der Waals surface area contributed by atoms with E-state index in [1.807, 2.05) is 12.1 Å². The minimum atomic E-state index is -3.25. The third-order valence-corrected chi connectivity index (χ3v) is 9.83. The van der Waals surface area contributed by atoms with Gasteiger partial charge in [-0.3, -0.25) is 9.59 Å². The third kappa shape index (κ3) is 6.70. The Labute approximate surface area is 252 Å². The molecule has 3 aromatic rings. The van der Waals surface area contributed by atoms with Crippen LogP contribution >= 0.6 is 0 Å². The second-order valence-corrected chi connectivity index (χ2v) is 13.7. The van der Waals surface area contributed by atoms with Gasteiger partial charge >= 0.3 is 0 Å². The standard InChI is InChI=1S/C31H38N6O5S/c1-21-5-3-4-6-27(21)35-15-17-36(18-16-35)28-10-9-23(29(38)32-24-11-13-37(14-12-24)43(2,40)41)19-25(28)33-30(39)26-20-42-31(34-26)22-7-8-22/h3-6,9-10,19-20,22,24H,7-8,11-18H2,1-2H3,(H,32,38)(H,33,39). The van der Waals surface area contributed by atoms with E-state index in [9.17, 15) is 18.0 Å². The monoisotopic (exact) mass is 606 g/mol. The quantitative estimate of drug-likeness (QED) is 0.398. The number of piperazine rings is 1. The number of piperidine rings is 1. The van der Waals surface area contributed by atoms with E-state index in [2.05, 4.69) is 50.5 Å². The van der Waals surface area contributed by atoms with Crippen LogP contribution < -0.4 is 20.4 Å². The minimum Gasteiger partial charge on any atom is -0.448 e. The summed E-state index contributed by atoms with van der Waals surface area (Å²) in [6.07, 6.45) is 5.72. The van der Waals surface area contributed by atoms with Crippen LogP contribution in [0.4, 0.5) is 17.1 Å². The Hall–Kier alpha value is -3.90. The normalized spacial score (nSPS) is 18.5. The predicted molar refractivity (Wildman–Crippen MR) is 165 cm³/mol. The number of hydrogen-bond donors (Lipinski definition) is 2. The highest BCUT2D eigenvalue weighted by Gasteiger charge is 2.30. The zero-order valence-corrected chi connectivity index (χ0v) is 25.4. The van der Waals surface area contributed by atoms with Gasteiger partial charge in [-0.25, -0.2) is 17.7 Å². The van der Waals surface area contributed by atoms with Crippen molar-refractivity contribution in [3.05, 3.63) is 71.4 Å². The fourth-order valence-electron chi connectivity index (χ4n) is 5.86. The number of benzene rings is 2. The zero-order valence-electron chi connectivity index (χ0n) is 24.6. The van der Waals surface area contributed by atoms with E-state index in [1.54, 1.807) is 12.1 Å². The van der Waals surface area contributed by atoms with E-state index in [-0.39, 0.29) is 29.5 Å². The van der Waals surface area contributed by atoms with Crippen LogP contribution in [-0.2, 0) is 10.0 Å². The van der Waals surface area contributed by atoms with E-state index in [4.69, 9.17) is 4.42 Å². The molecule has 0 atom stereocenters. The van der Waals surface area contributed by atoms with Gasteiger partial charge in [0.15, 0.2) is 11.6 Å². The predicted octanol–water partition coefficient (Wildman–Crippen LogP) is 3.59. The van der Waals surface area contributed by atoms with Crippen molar-refractivity contribution in [3.8, 4) is 0 Å². The van der Waals surface area contributed by atoms with Crippen LogP contribution in [0.5, 0.6) is 0 Å². The van der Waals surface area contributed by atoms with Gasteiger partial charge in [0.2, 0.25) is 10.0 Å². The maximum Gasteiger partial charge on any atom is 0.277 e. The fraction of sp³-hybridized carbons (Fsp3) is 0.452. The maximum atomic E-state index is 13.3. The molecule has 3 aliphatic rings. The van der Waals surface area contributed by atoms with Gasteiger partial charge in [0.25, 0.3) is 11.8 Å². The van der Waals surface area contributed by atoms with Crippen LogP contribution in [0.3, 0.4) is 0 Å². The van der Waals surface area contributed by atoms with Crippen molar-refractivity contribution in [2.24, 2.45) is 0 Å². The van der Waals surface area contributed by atoms with Crippen molar-refractivity contribution in [3.63, 3.8) is 0 Å². The van der Waals surface area contributed by atoms with Gasteiger partial charge in [0.05, 0.1) is 17.6 Å². The Balaban J connectivity index is 1.19. The third-order valence-electron chi connectivity index (χ3n) is 8.52. The van der Waals surface area contributed by atoms with Gasteiger partial charge in [-0.2, -0.15) is 0 Å². The first kappa shape index (κ1) is 29.2. The second kappa shape index (κ2) is 12.0. The van der Waals surface area contributed by atoms with Gasteiger partial charge < -0.3 is 24.9 Å². The number of aromatic nitrogens is 1. The summed E-state index contributed by atoms with van der Waals surface area (Å²) in [4.78, 5) is 35.6. The molecule has 2 amide bonds. The molecular formula is C31H38N6O5S. The van der Waals surface area contributed by atoms with Crippen molar-refractivity contribution in [1.82, 2.24) is 14.6 Å². The number of amides is 2. The number of sulfonamides is 1. The first-order valence-electron chi connectivity index (χ1n) is 14.9. The number of nitrogens with zero attached hydrogens (tertiary/aromatic N) is 4. The number of para-hydroxylation sites is 1. The maximum absolute atomic E-state index is 13.3. The molecular weight excluding hydrogens is 568 g/mol. The Morgan fingerprint density at radius 3 is 2.21 bits per heavy atom. The highest BCUT2D eigenvalue weighted by Crippen LogP contribution is 2.39. The molecule has 43 heavy (non-hydrogen) atoms. The number of aryl methyl sites for hydroxylation is 1. The summed E-state index contributed by atoms with van der Waals surface area (Å²) in [6, 6.07) is 13.6. The lowest BCUT2D eigenvalue weighted by Gasteiger charge is -2.38. The summed E-state index contributed by atoms with van der Waals surface area (Å²) in [5.41, 5.74) is 4.46. The van der Waals surface area contributed by atoms with Gasteiger partial charge in [0, 0.05) is 62.5 Å². The summed E-state index contributed by atoms with van der Waals surface area (Å²) in [7, 11) is -3.25. The molecule has 6 rings (SSSR count). The molecule has 1 saturated carbocycles. The van der Waals surface area contributed by atoms with Crippen LogP contribution in [0.2, 0.25) is 0 Å². The zero-order chi connectivity index (χ0) is 30.1. The molecule has 0 spiro atoms. The van der Waals surface area contributed by atoms with E-state index >= 15 is 0 Å². The molecule has 2 aromatic carbocycles. The van der Waals surface area contributed by atoms with Gasteiger partial charge in [-0.05, 0) is 62.4 Å². The lowest BCUT2D eigenvalue weighted by molar-refractivity contribution is 0.0922. The van der Waals surface area contributed by atoms with E-state index in [1.165, 1.54) is 28.1 Å². The first-order chi connectivity index (χ1) is 20.7. The second-order valence-electron chi connectivity index (χ2n) is 11.7. The Kier molecular flexibility index (Phi) is 8.15. The van der Waals surface area contributed by atoms with Gasteiger partial charge in [-0.15, -0.1) is 0 Å². The molecule has 1 aromatic heterocycles. The summed E-state index contributed by atoms with van der Waals surface area (Å²) in [5, 5.41) is 6.05. The summed E-state index contributed by atoms with van der Waals surface area (Å²) in [6.45, 7) is 6.00. The Morgan fingerprint density at radius 2 is 1.56 bits per heavy atom. The minimum absolute atomic E-state index is 0.131. The molecule has 0 bridgehead atoms. The Bertz CT molecular complexity index is 1600. The van der Waals surface area contributed by atoms with Crippen molar-refractivity contribution >= 4 is 38.9 Å². The van der Waals surface area contributed by atoms with Gasteiger partial charge in [-0.1, -0.05) is 18.2 Å². The van der Waals surface area contributed by atoms with Crippen LogP contribution in [-0.4, -0.2) is 81.1 Å². The molecule has 2 N–H and O–H groups in total. The van der Waals surface area contributed by atoms with Gasteiger partial charge in [0.1, 0.15) is 6.26 Å². The Morgan fingerprint density at radius 1 is 0.884 bits per heavy atom. The number of oxazole rings is 1. The summed E-state index contributed by atoms with van der Waals surface area (Å²) < 4.78 is 30.7. The number of carbonyl (C=O) groups excluding carboxylic acids is 2. The average molecular weight is 607 g/mol. The molecule has 1 aliphatic carbocycles. The molecule has 228 valence electrons. The molecule has 11 nitrogen and oxygen atoms in total. The van der Waals surface area contributed by atoms with E-state index in [0.29, 0.717) is 43.1 Å². The molecule has 3 heterocycles. The van der Waals surface area contributed by atoms with Crippen LogP contribution in [0.1, 0.15) is 63.9 Å². The van der Waals surface area contributed by atoms with E-state index < -0.39 is 10.0 Å². The van der Waals surface area contributed by atoms with Crippen LogP contribution in [0.25, 0.3) is 0 Å². The van der Waals surface area contributed by atoms with Crippen LogP contribution in [0.15, 0.2) is 53.1 Å². The molecule has 0 unspecified atom stereocenters. The number of anilines is 3. The molecule has 3 fully saturated rings. The van der Waals surface area contributed by atoms with Crippen molar-refractivity contribution in [2.75, 3.05) is 60.6 Å². The largest absolute Gasteiger partial charge is 0.448 e. The van der Waals surface area contributed by atoms with Crippen molar-refractivity contribution < 1.29 is 22.4 Å². The topological polar surface area (TPSA) is 128 Å². The highest BCUT2D eigenvalue weighted by molar-refractivity contribution is 7.88. The molecule has 2 aliphatic heterocycles. The highest BCUT2D eigenvalue weighted by atomic mass is 32.2. The van der Waals surface area contributed by atoms with Crippen molar-refractivity contribution in [2.45, 2.75) is 44.6 Å². The fourth-order valence-corrected chi connectivity index (χ4v) is 6.73. The average Bonchev–Trinajstić information content (AvgIpc) is 3.73. The number of nitrogens with one attached hydrogen (secondary N) is 2.